The van der Waals surface area contributed by atoms with Crippen LogP contribution in [0.25, 0.3) is 27.4 Å². The highest BCUT2D eigenvalue weighted by atomic mass is 32.2. The average molecular weight is 494 g/mol. The Bertz CT molecular complexity index is 1410. The summed E-state index contributed by atoms with van der Waals surface area (Å²) in [6, 6.07) is 9.49. The fourth-order valence-corrected chi connectivity index (χ4v) is 6.11. The van der Waals surface area contributed by atoms with Crippen molar-refractivity contribution in [2.75, 3.05) is 0 Å². The fraction of sp³-hybridized carbons (Fsp3) is 0.200. The van der Waals surface area contributed by atoms with E-state index in [0.29, 0.717) is 15.8 Å². The van der Waals surface area contributed by atoms with Crippen molar-refractivity contribution >= 4 is 51.0 Å². The number of aliphatic hydroxyl groups is 1. The summed E-state index contributed by atoms with van der Waals surface area (Å²) in [7, 11) is 0. The molecule has 0 saturated carbocycles. The number of pyridine rings is 1. The molecule has 0 saturated heterocycles. The minimum absolute atomic E-state index is 0.213. The van der Waals surface area contributed by atoms with Crippen LogP contribution in [-0.2, 0) is 5.60 Å². The van der Waals surface area contributed by atoms with Crippen LogP contribution in [0.2, 0.25) is 0 Å². The number of fused-ring (bicyclic) bond motifs is 3. The Balaban J connectivity index is 1.50. The number of benzene rings is 1. The molecule has 0 bridgehead atoms. The van der Waals surface area contributed by atoms with Crippen LogP contribution >= 0.6 is 34.4 Å². The molecule has 0 aliphatic heterocycles. The van der Waals surface area contributed by atoms with Gasteiger partial charge in [0.05, 0.1) is 10.4 Å². The number of halogens is 3. The first kappa shape index (κ1) is 21.3. The van der Waals surface area contributed by atoms with E-state index in [4.69, 9.17) is 0 Å². The summed E-state index contributed by atoms with van der Waals surface area (Å²) in [6.45, 7) is 1.30. The van der Waals surface area contributed by atoms with E-state index in [1.165, 1.54) is 30.0 Å². The van der Waals surface area contributed by atoms with E-state index in [9.17, 15) is 18.3 Å². The van der Waals surface area contributed by atoms with Gasteiger partial charge in [0.25, 0.3) is 0 Å². The molecule has 0 spiro atoms. The normalized spacial score (nSPS) is 14.3. The molecule has 12 heteroatoms. The van der Waals surface area contributed by atoms with Crippen molar-refractivity contribution in [2.45, 2.75) is 34.4 Å². The maximum absolute atomic E-state index is 13.3. The van der Waals surface area contributed by atoms with E-state index in [1.54, 1.807) is 6.20 Å². The van der Waals surface area contributed by atoms with Crippen LogP contribution in [0.1, 0.15) is 18.2 Å². The molecule has 5 aromatic rings. The lowest BCUT2D eigenvalue weighted by atomic mass is 9.99. The summed E-state index contributed by atoms with van der Waals surface area (Å²) < 4.78 is 42.4. The lowest BCUT2D eigenvalue weighted by molar-refractivity contribution is -0.266. The molecular weight excluding hydrogens is 479 g/mol. The lowest BCUT2D eigenvalue weighted by Crippen LogP contribution is -2.40. The molecule has 1 unspecified atom stereocenters. The minimum atomic E-state index is -4.77. The largest absolute Gasteiger partial charge is 0.422 e. The maximum Gasteiger partial charge on any atom is 0.422 e. The van der Waals surface area contributed by atoms with Gasteiger partial charge in [0.1, 0.15) is 0 Å². The van der Waals surface area contributed by atoms with Gasteiger partial charge in [-0.05, 0) is 42.1 Å². The second-order valence-electron chi connectivity index (χ2n) is 6.91. The first-order valence-corrected chi connectivity index (χ1v) is 11.9. The van der Waals surface area contributed by atoms with Crippen molar-refractivity contribution in [2.24, 2.45) is 0 Å². The number of nitrogens with zero attached hydrogens (tertiary/aromatic N) is 5. The van der Waals surface area contributed by atoms with E-state index >= 15 is 0 Å². The highest BCUT2D eigenvalue weighted by molar-refractivity contribution is 8.01. The van der Waals surface area contributed by atoms with Crippen molar-refractivity contribution in [1.29, 1.82) is 0 Å². The molecule has 0 radical (unpaired) electrons. The molecular formula is C20H14F3N5OS3. The molecule has 5 rings (SSSR count). The summed E-state index contributed by atoms with van der Waals surface area (Å²) in [4.78, 5) is 9.02. The number of alkyl halides is 3. The Labute approximate surface area is 191 Å². The summed E-state index contributed by atoms with van der Waals surface area (Å²) in [5, 5.41) is 22.2. The molecule has 0 aliphatic carbocycles. The third kappa shape index (κ3) is 3.47. The molecule has 32 heavy (non-hydrogen) atoms. The molecule has 0 amide bonds. The quantitative estimate of drug-likeness (QED) is 0.335. The zero-order chi connectivity index (χ0) is 22.5. The van der Waals surface area contributed by atoms with Crippen LogP contribution in [0, 0.1) is 0 Å². The van der Waals surface area contributed by atoms with Gasteiger partial charge in [0.15, 0.2) is 26.4 Å². The van der Waals surface area contributed by atoms with Crippen molar-refractivity contribution in [3.8, 4) is 10.8 Å². The van der Waals surface area contributed by atoms with Crippen LogP contribution in [-0.4, -0.2) is 35.8 Å². The third-order valence-corrected chi connectivity index (χ3v) is 8.02. The van der Waals surface area contributed by atoms with E-state index in [-0.39, 0.29) is 4.88 Å². The molecule has 4 aromatic heterocycles. The van der Waals surface area contributed by atoms with Crippen LogP contribution in [0.3, 0.4) is 0 Å². The van der Waals surface area contributed by atoms with E-state index in [0.717, 1.165) is 38.3 Å². The molecule has 0 fully saturated rings. The Morgan fingerprint density at radius 2 is 1.97 bits per heavy atom. The first-order valence-electron chi connectivity index (χ1n) is 9.41. The van der Waals surface area contributed by atoms with Gasteiger partial charge in [0.2, 0.25) is 0 Å². The molecule has 1 N–H and O–H groups in total. The van der Waals surface area contributed by atoms with E-state index < -0.39 is 18.2 Å². The predicted molar refractivity (Wildman–Crippen MR) is 118 cm³/mol. The van der Waals surface area contributed by atoms with Gasteiger partial charge in [-0.15, -0.1) is 32.9 Å². The van der Waals surface area contributed by atoms with Crippen molar-refractivity contribution in [3.63, 3.8) is 0 Å². The van der Waals surface area contributed by atoms with Gasteiger partial charge >= 0.3 is 6.18 Å². The van der Waals surface area contributed by atoms with Crippen molar-refractivity contribution in [1.82, 2.24) is 24.6 Å². The topological polar surface area (TPSA) is 76.2 Å². The highest BCUT2D eigenvalue weighted by Crippen LogP contribution is 2.45. The van der Waals surface area contributed by atoms with Gasteiger partial charge in [-0.3, -0.25) is 4.40 Å². The monoisotopic (exact) mass is 493 g/mol. The van der Waals surface area contributed by atoms with Crippen molar-refractivity contribution < 1.29 is 18.3 Å². The third-order valence-electron chi connectivity index (χ3n) is 5.04. The summed E-state index contributed by atoms with van der Waals surface area (Å²) >= 11 is 3.56. The lowest BCUT2D eigenvalue weighted by Gasteiger charge is -2.27. The average Bonchev–Trinajstić information content (AvgIpc) is 3.52. The smallest absolute Gasteiger partial charge is 0.376 e. The standard InChI is InChI=1S/C20H14F3N5OS3/c1-2-19(29,20(21,22)23)14-10-25-18(32-14)31-12-4-5-13-11(9-12)3-6-15-26-27-16(28(13)15)17-24-7-8-30-17/h3-10,29H,2H2,1H3. The predicted octanol–water partition coefficient (Wildman–Crippen LogP) is 5.77. The zero-order valence-electron chi connectivity index (χ0n) is 16.4. The second-order valence-corrected chi connectivity index (χ2v) is 10.2. The number of hydrogen-bond acceptors (Lipinski definition) is 8. The van der Waals surface area contributed by atoms with Crippen molar-refractivity contribution in [3.05, 3.63) is 53.0 Å². The fourth-order valence-electron chi connectivity index (χ4n) is 3.32. The highest BCUT2D eigenvalue weighted by Gasteiger charge is 2.54. The van der Waals surface area contributed by atoms with Crippen LogP contribution in [0.5, 0.6) is 0 Å². The van der Waals surface area contributed by atoms with Crippen LogP contribution < -0.4 is 0 Å². The SMILES string of the molecule is CCC(O)(c1cnc(Sc2ccc3c(ccc4nnc(-c5nccs5)n43)c2)s1)C(F)(F)F. The minimum Gasteiger partial charge on any atom is -0.376 e. The van der Waals surface area contributed by atoms with Gasteiger partial charge in [0, 0.05) is 22.7 Å². The Morgan fingerprint density at radius 1 is 1.12 bits per heavy atom. The van der Waals surface area contributed by atoms with E-state index in [1.807, 2.05) is 40.1 Å². The number of hydrogen-bond donors (Lipinski definition) is 1. The van der Waals surface area contributed by atoms with Gasteiger partial charge in [-0.25, -0.2) is 9.97 Å². The van der Waals surface area contributed by atoms with Gasteiger partial charge in [-0.2, -0.15) is 13.2 Å². The summed E-state index contributed by atoms with van der Waals surface area (Å²) in [5.74, 6) is 0.650. The van der Waals surface area contributed by atoms with E-state index in [2.05, 4.69) is 20.2 Å². The van der Waals surface area contributed by atoms with Gasteiger partial charge < -0.3 is 5.11 Å². The van der Waals surface area contributed by atoms with Crippen LogP contribution in [0.4, 0.5) is 13.2 Å². The summed E-state index contributed by atoms with van der Waals surface area (Å²) in [5.41, 5.74) is -1.31. The maximum atomic E-state index is 13.3. The Morgan fingerprint density at radius 3 is 2.69 bits per heavy atom. The molecule has 1 aromatic carbocycles. The number of rotatable bonds is 5. The Hall–Kier alpha value is -2.54. The first-order chi connectivity index (χ1) is 15.3. The molecule has 164 valence electrons. The zero-order valence-corrected chi connectivity index (χ0v) is 18.8. The molecule has 1 atom stereocenters. The molecule has 0 aliphatic rings. The number of thiazole rings is 2. The van der Waals surface area contributed by atoms with Gasteiger partial charge in [-0.1, -0.05) is 18.7 Å². The summed E-state index contributed by atoms with van der Waals surface area (Å²) in [6.07, 6.45) is -2.43. The number of aromatic nitrogens is 5. The second kappa shape index (κ2) is 7.80. The van der Waals surface area contributed by atoms with Crippen LogP contribution in [0.15, 0.2) is 57.3 Å². The molecule has 4 heterocycles. The molecule has 6 nitrogen and oxygen atoms in total. The Kier molecular flexibility index (Phi) is 5.19.